The summed E-state index contributed by atoms with van der Waals surface area (Å²) in [6.45, 7) is 0. The van der Waals surface area contributed by atoms with Crippen LogP contribution in [0.25, 0.3) is 0 Å². The number of amides is 1. The Morgan fingerprint density at radius 3 is 2.35 bits per heavy atom. The molecule has 0 bridgehead atoms. The number of carbonyl (C=O) groups excluding carboxylic acids is 2. The Kier molecular flexibility index (Phi) is 4.07. The van der Waals surface area contributed by atoms with E-state index in [1.54, 1.807) is 41.3 Å². The average Bonchev–Trinajstić information content (AvgIpc) is 2.63. The lowest BCUT2D eigenvalue weighted by atomic mass is 9.77. The molecule has 0 saturated heterocycles. The zero-order valence-corrected chi connectivity index (χ0v) is 14.1. The number of Topliss-reactive ketones (excluding diaryl/α,β-unsaturated/α-hetero) is 1. The zero-order chi connectivity index (χ0) is 18.3. The summed E-state index contributed by atoms with van der Waals surface area (Å²) >= 11 is 0. The van der Waals surface area contributed by atoms with Gasteiger partial charge in [-0.25, -0.2) is 4.39 Å². The first-order chi connectivity index (χ1) is 12.5. The Hall–Kier alpha value is -2.95. The summed E-state index contributed by atoms with van der Waals surface area (Å²) in [5.41, 5.74) is 2.83. The molecule has 0 fully saturated rings. The van der Waals surface area contributed by atoms with E-state index in [1.807, 2.05) is 0 Å². The van der Waals surface area contributed by atoms with Crippen molar-refractivity contribution >= 4 is 17.4 Å². The summed E-state index contributed by atoms with van der Waals surface area (Å²) in [6.07, 6.45) is 1.98. The van der Waals surface area contributed by atoms with Gasteiger partial charge in [0.25, 0.3) is 0 Å². The number of ketones is 1. The molecule has 4 nitrogen and oxygen atoms in total. The molecule has 26 heavy (non-hydrogen) atoms. The van der Waals surface area contributed by atoms with Crippen LogP contribution in [0.1, 0.15) is 37.2 Å². The molecule has 0 spiro atoms. The topological polar surface area (TPSA) is 57.6 Å². The molecule has 1 N–H and O–H groups in total. The second-order valence-corrected chi connectivity index (χ2v) is 6.69. The molecule has 2 aliphatic rings. The molecule has 2 aromatic rings. The number of carbonyl (C=O) groups is 2. The summed E-state index contributed by atoms with van der Waals surface area (Å²) < 4.78 is 13.3. The first-order valence-corrected chi connectivity index (χ1v) is 8.68. The number of allylic oxidation sites excluding steroid dienone is 2. The Morgan fingerprint density at radius 1 is 0.962 bits per heavy atom. The van der Waals surface area contributed by atoms with Crippen molar-refractivity contribution in [2.45, 2.75) is 31.6 Å². The summed E-state index contributed by atoms with van der Waals surface area (Å²) in [5.74, 6) is -0.572. The monoisotopic (exact) mass is 351 g/mol. The fourth-order valence-electron chi connectivity index (χ4n) is 3.87. The molecule has 1 unspecified atom stereocenters. The molecule has 5 heteroatoms. The number of phenolic OH excluding ortho intramolecular Hbond substituents is 1. The standard InChI is InChI=1S/C21H18FNO3/c22-14-6-8-15(9-7-14)23-18-2-1-3-19(25)21(18)17(12-20(23)26)13-4-10-16(24)11-5-13/h4-11,17,24H,1-3,12H2. The highest BCUT2D eigenvalue weighted by Gasteiger charge is 2.39. The predicted molar refractivity (Wildman–Crippen MR) is 95.2 cm³/mol. The third kappa shape index (κ3) is 2.79. The van der Waals surface area contributed by atoms with Gasteiger partial charge < -0.3 is 5.11 Å². The second-order valence-electron chi connectivity index (χ2n) is 6.69. The zero-order valence-electron chi connectivity index (χ0n) is 14.1. The van der Waals surface area contributed by atoms with E-state index in [4.69, 9.17) is 0 Å². The van der Waals surface area contributed by atoms with Gasteiger partial charge >= 0.3 is 0 Å². The highest BCUT2D eigenvalue weighted by molar-refractivity contribution is 6.07. The Balaban J connectivity index is 1.84. The van der Waals surface area contributed by atoms with Crippen molar-refractivity contribution < 1.29 is 19.1 Å². The van der Waals surface area contributed by atoms with E-state index in [9.17, 15) is 19.1 Å². The number of nitrogens with zero attached hydrogens (tertiary/aromatic N) is 1. The quantitative estimate of drug-likeness (QED) is 0.888. The molecule has 1 aliphatic heterocycles. The normalized spacial score (nSPS) is 20.3. The maximum Gasteiger partial charge on any atom is 0.232 e. The third-order valence-electron chi connectivity index (χ3n) is 5.06. The summed E-state index contributed by atoms with van der Waals surface area (Å²) in [6, 6.07) is 12.4. The van der Waals surface area contributed by atoms with Crippen LogP contribution in [-0.4, -0.2) is 16.8 Å². The molecule has 132 valence electrons. The second kappa shape index (κ2) is 6.41. The van der Waals surface area contributed by atoms with Crippen LogP contribution in [-0.2, 0) is 9.59 Å². The molecule has 1 aliphatic carbocycles. The van der Waals surface area contributed by atoms with Crippen LogP contribution in [0.15, 0.2) is 59.8 Å². The summed E-state index contributed by atoms with van der Waals surface area (Å²) in [4.78, 5) is 27.2. The van der Waals surface area contributed by atoms with E-state index < -0.39 is 0 Å². The number of anilines is 1. The number of aromatic hydroxyl groups is 1. The van der Waals surface area contributed by atoms with Gasteiger partial charge in [0.05, 0.1) is 0 Å². The van der Waals surface area contributed by atoms with Crippen LogP contribution in [0.5, 0.6) is 5.75 Å². The molecule has 2 aromatic carbocycles. The van der Waals surface area contributed by atoms with E-state index in [1.165, 1.54) is 12.1 Å². The molecule has 1 amide bonds. The van der Waals surface area contributed by atoms with Crippen LogP contribution in [0.2, 0.25) is 0 Å². The van der Waals surface area contributed by atoms with Gasteiger partial charge in [-0.15, -0.1) is 0 Å². The Morgan fingerprint density at radius 2 is 1.65 bits per heavy atom. The van der Waals surface area contributed by atoms with Crippen LogP contribution in [0, 0.1) is 5.82 Å². The van der Waals surface area contributed by atoms with Crippen molar-refractivity contribution in [1.82, 2.24) is 0 Å². The molecule has 0 saturated carbocycles. The van der Waals surface area contributed by atoms with E-state index in [0.717, 1.165) is 11.3 Å². The minimum Gasteiger partial charge on any atom is -0.508 e. The lowest BCUT2D eigenvalue weighted by Gasteiger charge is -2.38. The first-order valence-electron chi connectivity index (χ1n) is 8.68. The number of hydrogen-bond acceptors (Lipinski definition) is 3. The van der Waals surface area contributed by atoms with Crippen molar-refractivity contribution in [3.8, 4) is 5.75 Å². The maximum absolute atomic E-state index is 13.3. The van der Waals surface area contributed by atoms with Gasteiger partial charge in [-0.1, -0.05) is 12.1 Å². The van der Waals surface area contributed by atoms with Gasteiger partial charge in [-0.3, -0.25) is 14.5 Å². The lowest BCUT2D eigenvalue weighted by Crippen LogP contribution is -2.40. The number of halogens is 1. The molecular weight excluding hydrogens is 333 g/mol. The minimum atomic E-state index is -0.367. The molecule has 1 heterocycles. The van der Waals surface area contributed by atoms with Crippen LogP contribution in [0.3, 0.4) is 0 Å². The molecule has 0 aromatic heterocycles. The van der Waals surface area contributed by atoms with Crippen LogP contribution >= 0.6 is 0 Å². The summed E-state index contributed by atoms with van der Waals surface area (Å²) in [7, 11) is 0. The highest BCUT2D eigenvalue weighted by Crippen LogP contribution is 2.43. The maximum atomic E-state index is 13.3. The Bertz CT molecular complexity index is 900. The molecule has 4 rings (SSSR count). The van der Waals surface area contributed by atoms with Crippen LogP contribution < -0.4 is 4.90 Å². The van der Waals surface area contributed by atoms with Gasteiger partial charge in [-0.2, -0.15) is 0 Å². The number of rotatable bonds is 2. The van der Waals surface area contributed by atoms with Gasteiger partial charge in [0.15, 0.2) is 5.78 Å². The van der Waals surface area contributed by atoms with Gasteiger partial charge in [0, 0.05) is 35.7 Å². The molecular formula is C21H18FNO3. The van der Waals surface area contributed by atoms with E-state index >= 15 is 0 Å². The smallest absolute Gasteiger partial charge is 0.232 e. The summed E-state index contributed by atoms with van der Waals surface area (Å²) in [5, 5.41) is 9.52. The van der Waals surface area contributed by atoms with Crippen molar-refractivity contribution in [2.24, 2.45) is 0 Å². The number of phenols is 1. The fraction of sp³-hybridized carbons (Fsp3) is 0.238. The van der Waals surface area contributed by atoms with Crippen LogP contribution in [0.4, 0.5) is 10.1 Å². The van der Waals surface area contributed by atoms with Crippen molar-refractivity contribution in [3.63, 3.8) is 0 Å². The largest absolute Gasteiger partial charge is 0.508 e. The molecule has 0 radical (unpaired) electrons. The minimum absolute atomic E-state index is 0.0592. The predicted octanol–water partition coefficient (Wildman–Crippen LogP) is 4.06. The number of hydrogen-bond donors (Lipinski definition) is 1. The van der Waals surface area contributed by atoms with Gasteiger partial charge in [0.2, 0.25) is 5.91 Å². The van der Waals surface area contributed by atoms with Gasteiger partial charge in [-0.05, 0) is 54.8 Å². The SMILES string of the molecule is O=C1CCCC2=C1C(c1ccc(O)cc1)CC(=O)N2c1ccc(F)cc1. The first kappa shape index (κ1) is 16.5. The van der Waals surface area contributed by atoms with Gasteiger partial charge in [0.1, 0.15) is 11.6 Å². The Labute approximate surface area is 150 Å². The van der Waals surface area contributed by atoms with Crippen molar-refractivity contribution in [1.29, 1.82) is 0 Å². The molecule has 1 atom stereocenters. The van der Waals surface area contributed by atoms with Crippen molar-refractivity contribution in [3.05, 3.63) is 71.2 Å². The highest BCUT2D eigenvalue weighted by atomic mass is 19.1. The number of benzene rings is 2. The fourth-order valence-corrected chi connectivity index (χ4v) is 3.87. The van der Waals surface area contributed by atoms with Crippen molar-refractivity contribution in [2.75, 3.05) is 4.90 Å². The lowest BCUT2D eigenvalue weighted by molar-refractivity contribution is -0.119. The average molecular weight is 351 g/mol. The van der Waals surface area contributed by atoms with E-state index in [0.29, 0.717) is 30.5 Å². The van der Waals surface area contributed by atoms with E-state index in [-0.39, 0.29) is 35.6 Å². The third-order valence-corrected chi connectivity index (χ3v) is 5.06. The van der Waals surface area contributed by atoms with E-state index in [2.05, 4.69) is 0 Å².